The van der Waals surface area contributed by atoms with E-state index in [1.165, 1.54) is 0 Å². The standard InChI is InChI=1S/C14H22N2O3/c1-5-8-6-9(10(7-8)12(17)18)11-15-13(16-19-11)14(2,3)4/h8-10H,5-7H2,1-4H3,(H,17,18). The molecule has 0 aliphatic heterocycles. The van der Waals surface area contributed by atoms with E-state index >= 15 is 0 Å². The fraction of sp³-hybridized carbons (Fsp3) is 0.786. The molecule has 0 amide bonds. The summed E-state index contributed by atoms with van der Waals surface area (Å²) in [6, 6.07) is 0. The minimum absolute atomic E-state index is 0.133. The molecule has 0 saturated heterocycles. The maximum Gasteiger partial charge on any atom is 0.307 e. The van der Waals surface area contributed by atoms with Gasteiger partial charge in [-0.15, -0.1) is 0 Å². The van der Waals surface area contributed by atoms with E-state index in [4.69, 9.17) is 4.52 Å². The molecule has 1 saturated carbocycles. The van der Waals surface area contributed by atoms with Crippen molar-refractivity contribution in [3.05, 3.63) is 11.7 Å². The van der Waals surface area contributed by atoms with Crippen molar-refractivity contribution in [2.75, 3.05) is 0 Å². The summed E-state index contributed by atoms with van der Waals surface area (Å²) in [4.78, 5) is 15.8. The van der Waals surface area contributed by atoms with E-state index in [1.54, 1.807) is 0 Å². The van der Waals surface area contributed by atoms with E-state index in [9.17, 15) is 9.90 Å². The van der Waals surface area contributed by atoms with Crippen LogP contribution in [0.1, 0.15) is 64.6 Å². The fourth-order valence-corrected chi connectivity index (χ4v) is 2.71. The number of aromatic nitrogens is 2. The highest BCUT2D eigenvalue weighted by atomic mass is 16.5. The number of carboxylic acids is 1. The van der Waals surface area contributed by atoms with E-state index in [-0.39, 0.29) is 11.3 Å². The number of rotatable bonds is 3. The molecule has 3 atom stereocenters. The number of carboxylic acid groups (broad SMARTS) is 1. The van der Waals surface area contributed by atoms with E-state index in [1.807, 2.05) is 20.8 Å². The van der Waals surface area contributed by atoms with Crippen molar-refractivity contribution in [3.8, 4) is 0 Å². The second-order valence-corrected chi connectivity index (χ2v) is 6.50. The molecule has 19 heavy (non-hydrogen) atoms. The van der Waals surface area contributed by atoms with E-state index < -0.39 is 11.9 Å². The van der Waals surface area contributed by atoms with Gasteiger partial charge in [0.05, 0.1) is 11.8 Å². The lowest BCUT2D eigenvalue weighted by atomic mass is 9.94. The van der Waals surface area contributed by atoms with Crippen LogP contribution in [0.2, 0.25) is 0 Å². The van der Waals surface area contributed by atoms with Crippen molar-refractivity contribution in [1.82, 2.24) is 10.1 Å². The smallest absolute Gasteiger partial charge is 0.307 e. The second-order valence-electron chi connectivity index (χ2n) is 6.50. The molecule has 5 nitrogen and oxygen atoms in total. The van der Waals surface area contributed by atoms with Crippen LogP contribution in [0.5, 0.6) is 0 Å². The third-order valence-corrected chi connectivity index (χ3v) is 3.98. The lowest BCUT2D eigenvalue weighted by Crippen LogP contribution is -2.18. The molecule has 1 aromatic rings. The van der Waals surface area contributed by atoms with Crippen LogP contribution in [-0.4, -0.2) is 21.2 Å². The number of hydrogen-bond acceptors (Lipinski definition) is 4. The monoisotopic (exact) mass is 266 g/mol. The maximum atomic E-state index is 11.4. The molecule has 1 aliphatic rings. The van der Waals surface area contributed by atoms with Crippen LogP contribution >= 0.6 is 0 Å². The van der Waals surface area contributed by atoms with Gasteiger partial charge < -0.3 is 9.63 Å². The molecule has 1 N–H and O–H groups in total. The first kappa shape index (κ1) is 14.0. The number of carbonyl (C=O) groups is 1. The minimum Gasteiger partial charge on any atom is -0.481 e. The normalized spacial score (nSPS) is 27.7. The summed E-state index contributed by atoms with van der Waals surface area (Å²) in [7, 11) is 0. The van der Waals surface area contributed by atoms with Crippen LogP contribution in [0.3, 0.4) is 0 Å². The first-order chi connectivity index (χ1) is 8.82. The van der Waals surface area contributed by atoms with Gasteiger partial charge in [-0.25, -0.2) is 0 Å². The third-order valence-electron chi connectivity index (χ3n) is 3.98. The molecule has 1 heterocycles. The molecule has 0 spiro atoms. The first-order valence-corrected chi connectivity index (χ1v) is 6.89. The Labute approximate surface area is 113 Å². The molecule has 2 rings (SSSR count). The van der Waals surface area contributed by atoms with E-state index in [0.29, 0.717) is 24.1 Å². The van der Waals surface area contributed by atoms with Crippen LogP contribution in [0.4, 0.5) is 0 Å². The quantitative estimate of drug-likeness (QED) is 0.910. The predicted molar refractivity (Wildman–Crippen MR) is 69.9 cm³/mol. The Kier molecular flexibility index (Phi) is 3.65. The Morgan fingerprint density at radius 3 is 2.58 bits per heavy atom. The van der Waals surface area contributed by atoms with Crippen molar-refractivity contribution in [1.29, 1.82) is 0 Å². The van der Waals surface area contributed by atoms with E-state index in [2.05, 4.69) is 17.1 Å². The van der Waals surface area contributed by atoms with Gasteiger partial charge in [-0.05, 0) is 18.8 Å². The first-order valence-electron chi connectivity index (χ1n) is 6.89. The van der Waals surface area contributed by atoms with Gasteiger partial charge in [0.15, 0.2) is 5.82 Å². The van der Waals surface area contributed by atoms with Crippen LogP contribution in [0, 0.1) is 11.8 Å². The Hall–Kier alpha value is -1.39. The van der Waals surface area contributed by atoms with Crippen molar-refractivity contribution >= 4 is 5.97 Å². The molecule has 1 fully saturated rings. The zero-order valence-electron chi connectivity index (χ0n) is 12.0. The van der Waals surface area contributed by atoms with E-state index in [0.717, 1.165) is 12.8 Å². The van der Waals surface area contributed by atoms with Gasteiger partial charge in [-0.2, -0.15) is 4.98 Å². The zero-order valence-corrected chi connectivity index (χ0v) is 12.0. The van der Waals surface area contributed by atoms with Gasteiger partial charge >= 0.3 is 5.97 Å². The summed E-state index contributed by atoms with van der Waals surface area (Å²) in [5.41, 5.74) is -0.177. The van der Waals surface area contributed by atoms with Gasteiger partial charge in [0.2, 0.25) is 5.89 Å². The lowest BCUT2D eigenvalue weighted by molar-refractivity contribution is -0.142. The number of hydrogen-bond donors (Lipinski definition) is 1. The van der Waals surface area contributed by atoms with Crippen LogP contribution < -0.4 is 0 Å². The molecule has 0 radical (unpaired) electrons. The molecule has 0 aromatic carbocycles. The highest BCUT2D eigenvalue weighted by Gasteiger charge is 2.42. The van der Waals surface area contributed by atoms with Crippen molar-refractivity contribution in [3.63, 3.8) is 0 Å². The Morgan fingerprint density at radius 2 is 2.11 bits per heavy atom. The summed E-state index contributed by atoms with van der Waals surface area (Å²) in [5.74, 6) is 0.302. The van der Waals surface area contributed by atoms with Gasteiger partial charge in [0, 0.05) is 5.41 Å². The highest BCUT2D eigenvalue weighted by molar-refractivity contribution is 5.71. The largest absolute Gasteiger partial charge is 0.481 e. The van der Waals surface area contributed by atoms with Gasteiger partial charge in [0.1, 0.15) is 0 Å². The molecule has 1 aliphatic carbocycles. The number of nitrogens with zero attached hydrogens (tertiary/aromatic N) is 2. The summed E-state index contributed by atoms with van der Waals surface area (Å²) < 4.78 is 5.32. The topological polar surface area (TPSA) is 76.2 Å². The third kappa shape index (κ3) is 2.80. The van der Waals surface area contributed by atoms with Crippen molar-refractivity contribution < 1.29 is 14.4 Å². The summed E-state index contributed by atoms with van der Waals surface area (Å²) >= 11 is 0. The van der Waals surface area contributed by atoms with Crippen molar-refractivity contribution in [2.45, 2.75) is 58.3 Å². The summed E-state index contributed by atoms with van der Waals surface area (Å²) in [5, 5.41) is 13.3. The fourth-order valence-electron chi connectivity index (χ4n) is 2.71. The number of aliphatic carboxylic acids is 1. The molecule has 106 valence electrons. The Bertz CT molecular complexity index is 462. The van der Waals surface area contributed by atoms with Gasteiger partial charge in [-0.1, -0.05) is 39.3 Å². The highest BCUT2D eigenvalue weighted by Crippen LogP contribution is 2.44. The molecular weight excluding hydrogens is 244 g/mol. The van der Waals surface area contributed by atoms with Crippen LogP contribution in [0.25, 0.3) is 0 Å². The molecule has 1 aromatic heterocycles. The SMILES string of the molecule is CCC1CC(C(=O)O)C(c2nc(C(C)(C)C)no2)C1. The lowest BCUT2D eigenvalue weighted by Gasteiger charge is -2.12. The van der Waals surface area contributed by atoms with Gasteiger partial charge in [-0.3, -0.25) is 4.79 Å². The molecule has 5 heteroatoms. The summed E-state index contributed by atoms with van der Waals surface area (Å²) in [6.07, 6.45) is 2.55. The average Bonchev–Trinajstić information content (AvgIpc) is 2.94. The molecule has 0 bridgehead atoms. The second kappa shape index (κ2) is 4.94. The minimum atomic E-state index is -0.753. The van der Waals surface area contributed by atoms with Crippen LogP contribution in [0.15, 0.2) is 4.52 Å². The predicted octanol–water partition coefficient (Wildman–Crippen LogP) is 2.97. The summed E-state index contributed by atoms with van der Waals surface area (Å²) in [6.45, 7) is 8.14. The Balaban J connectivity index is 2.24. The average molecular weight is 266 g/mol. The molecule has 3 unspecified atom stereocenters. The maximum absolute atomic E-state index is 11.4. The Morgan fingerprint density at radius 1 is 1.42 bits per heavy atom. The van der Waals surface area contributed by atoms with Crippen LogP contribution in [-0.2, 0) is 10.2 Å². The van der Waals surface area contributed by atoms with Gasteiger partial charge in [0.25, 0.3) is 0 Å². The zero-order chi connectivity index (χ0) is 14.2. The molecular formula is C14H22N2O3. The van der Waals surface area contributed by atoms with Crippen molar-refractivity contribution in [2.24, 2.45) is 11.8 Å².